The summed E-state index contributed by atoms with van der Waals surface area (Å²) in [6, 6.07) is 4.29. The Hall–Kier alpha value is -1.58. The Morgan fingerprint density at radius 3 is 3.13 bits per heavy atom. The largest absolute Gasteiger partial charge is 0.478 e. The van der Waals surface area contributed by atoms with Crippen LogP contribution in [-0.2, 0) is 16.0 Å². The summed E-state index contributed by atoms with van der Waals surface area (Å²) in [4.78, 5) is 11.2. The Balaban J connectivity index is 2.20. The molecular formula is C11H11FO3. The highest BCUT2D eigenvalue weighted by Crippen LogP contribution is 2.28. The average molecular weight is 210 g/mol. The molecule has 0 aliphatic carbocycles. The average Bonchev–Trinajstić information content (AvgIpc) is 2.27. The molecule has 0 saturated heterocycles. The molecule has 1 aromatic rings. The van der Waals surface area contributed by atoms with Crippen LogP contribution in [0.25, 0.3) is 0 Å². The number of halogens is 1. The van der Waals surface area contributed by atoms with Gasteiger partial charge in [0.15, 0.2) is 6.10 Å². The molecule has 80 valence electrons. The van der Waals surface area contributed by atoms with E-state index in [2.05, 4.69) is 4.74 Å². The Labute approximate surface area is 86.8 Å². The summed E-state index contributed by atoms with van der Waals surface area (Å²) in [5.41, 5.74) is 0.801. The van der Waals surface area contributed by atoms with Gasteiger partial charge >= 0.3 is 5.97 Å². The van der Waals surface area contributed by atoms with Crippen LogP contribution in [0.1, 0.15) is 12.0 Å². The first-order valence-electron chi connectivity index (χ1n) is 4.73. The molecule has 0 amide bonds. The first-order chi connectivity index (χ1) is 7.20. The molecule has 0 saturated carbocycles. The first kappa shape index (κ1) is 9.96. The third-order valence-electron chi connectivity index (χ3n) is 2.43. The number of aryl methyl sites for hydroxylation is 1. The molecule has 1 unspecified atom stereocenters. The molecule has 4 heteroatoms. The second-order valence-corrected chi connectivity index (χ2v) is 3.42. The van der Waals surface area contributed by atoms with Crippen molar-refractivity contribution in [2.24, 2.45) is 0 Å². The van der Waals surface area contributed by atoms with E-state index in [4.69, 9.17) is 4.74 Å². The van der Waals surface area contributed by atoms with E-state index in [0.717, 1.165) is 5.56 Å². The maximum atomic E-state index is 12.9. The van der Waals surface area contributed by atoms with Gasteiger partial charge in [0.2, 0.25) is 0 Å². The van der Waals surface area contributed by atoms with Crippen LogP contribution < -0.4 is 4.74 Å². The third kappa shape index (κ3) is 1.93. The normalized spacial score (nSPS) is 18.9. The minimum absolute atomic E-state index is 0.283. The Morgan fingerprint density at radius 2 is 2.40 bits per heavy atom. The SMILES string of the molecule is COC(=O)C1CCc2cc(F)ccc2O1. The van der Waals surface area contributed by atoms with E-state index < -0.39 is 6.10 Å². The lowest BCUT2D eigenvalue weighted by molar-refractivity contribution is -0.149. The number of esters is 1. The summed E-state index contributed by atoms with van der Waals surface area (Å²) >= 11 is 0. The van der Waals surface area contributed by atoms with Crippen molar-refractivity contribution in [1.29, 1.82) is 0 Å². The van der Waals surface area contributed by atoms with Gasteiger partial charge in [0.25, 0.3) is 0 Å². The number of carbonyl (C=O) groups excluding carboxylic acids is 1. The van der Waals surface area contributed by atoms with Crippen LogP contribution in [0.5, 0.6) is 5.75 Å². The lowest BCUT2D eigenvalue weighted by Crippen LogP contribution is -2.32. The zero-order valence-electron chi connectivity index (χ0n) is 8.33. The number of benzene rings is 1. The van der Waals surface area contributed by atoms with E-state index in [9.17, 15) is 9.18 Å². The monoisotopic (exact) mass is 210 g/mol. The lowest BCUT2D eigenvalue weighted by atomic mass is 10.0. The van der Waals surface area contributed by atoms with Crippen LogP contribution in [-0.4, -0.2) is 19.2 Å². The molecule has 3 nitrogen and oxygen atoms in total. The molecule has 15 heavy (non-hydrogen) atoms. The van der Waals surface area contributed by atoms with E-state index in [-0.39, 0.29) is 11.8 Å². The number of ether oxygens (including phenoxy) is 2. The van der Waals surface area contributed by atoms with Crippen molar-refractivity contribution in [3.63, 3.8) is 0 Å². The van der Waals surface area contributed by atoms with Gasteiger partial charge in [-0.25, -0.2) is 9.18 Å². The van der Waals surface area contributed by atoms with E-state index in [1.165, 1.54) is 19.2 Å². The molecule has 0 aromatic heterocycles. The van der Waals surface area contributed by atoms with Gasteiger partial charge in [0, 0.05) is 0 Å². The van der Waals surface area contributed by atoms with Crippen LogP contribution >= 0.6 is 0 Å². The summed E-state index contributed by atoms with van der Waals surface area (Å²) < 4.78 is 22.9. The van der Waals surface area contributed by atoms with Crippen LogP contribution in [0.4, 0.5) is 4.39 Å². The minimum Gasteiger partial charge on any atom is -0.478 e. The van der Waals surface area contributed by atoms with E-state index in [1.807, 2.05) is 0 Å². The Morgan fingerprint density at radius 1 is 1.60 bits per heavy atom. The van der Waals surface area contributed by atoms with Crippen LogP contribution in [0.3, 0.4) is 0 Å². The molecule has 1 aliphatic heterocycles. The zero-order valence-corrected chi connectivity index (χ0v) is 8.33. The van der Waals surface area contributed by atoms with Gasteiger partial charge in [0.1, 0.15) is 11.6 Å². The molecule has 0 radical (unpaired) electrons. The van der Waals surface area contributed by atoms with Gasteiger partial charge in [-0.2, -0.15) is 0 Å². The number of rotatable bonds is 1. The summed E-state index contributed by atoms with van der Waals surface area (Å²) in [6.07, 6.45) is 0.601. The second kappa shape index (κ2) is 3.88. The van der Waals surface area contributed by atoms with Crippen molar-refractivity contribution < 1.29 is 18.7 Å². The Kier molecular flexibility index (Phi) is 2.58. The van der Waals surface area contributed by atoms with Gasteiger partial charge in [-0.3, -0.25) is 0 Å². The molecule has 0 spiro atoms. The predicted molar refractivity (Wildman–Crippen MR) is 51.2 cm³/mol. The summed E-state index contributed by atoms with van der Waals surface area (Å²) in [7, 11) is 1.33. The molecule has 1 heterocycles. The zero-order chi connectivity index (χ0) is 10.8. The summed E-state index contributed by atoms with van der Waals surface area (Å²) in [5, 5.41) is 0. The van der Waals surface area contributed by atoms with Crippen LogP contribution in [0.2, 0.25) is 0 Å². The molecule has 0 fully saturated rings. The lowest BCUT2D eigenvalue weighted by Gasteiger charge is -2.23. The summed E-state index contributed by atoms with van der Waals surface area (Å²) in [6.45, 7) is 0. The maximum Gasteiger partial charge on any atom is 0.347 e. The molecule has 1 aromatic carbocycles. The highest BCUT2D eigenvalue weighted by molar-refractivity contribution is 5.75. The molecule has 1 atom stereocenters. The predicted octanol–water partition coefficient (Wildman–Crippen LogP) is 1.69. The van der Waals surface area contributed by atoms with E-state index in [1.54, 1.807) is 6.07 Å². The van der Waals surface area contributed by atoms with Crippen molar-refractivity contribution in [3.8, 4) is 5.75 Å². The van der Waals surface area contributed by atoms with Crippen LogP contribution in [0, 0.1) is 5.82 Å². The van der Waals surface area contributed by atoms with Crippen molar-refractivity contribution in [1.82, 2.24) is 0 Å². The number of hydrogen-bond donors (Lipinski definition) is 0. The number of methoxy groups -OCH3 is 1. The van der Waals surface area contributed by atoms with Gasteiger partial charge in [0.05, 0.1) is 7.11 Å². The number of fused-ring (bicyclic) bond motifs is 1. The van der Waals surface area contributed by atoms with Crippen molar-refractivity contribution in [2.45, 2.75) is 18.9 Å². The quantitative estimate of drug-likeness (QED) is 0.662. The fourth-order valence-electron chi connectivity index (χ4n) is 1.65. The fraction of sp³-hybridized carbons (Fsp3) is 0.364. The third-order valence-corrected chi connectivity index (χ3v) is 2.43. The smallest absolute Gasteiger partial charge is 0.347 e. The van der Waals surface area contributed by atoms with Gasteiger partial charge < -0.3 is 9.47 Å². The van der Waals surface area contributed by atoms with Gasteiger partial charge in [-0.05, 0) is 36.6 Å². The first-order valence-corrected chi connectivity index (χ1v) is 4.73. The number of carbonyl (C=O) groups is 1. The molecule has 1 aliphatic rings. The van der Waals surface area contributed by atoms with E-state index in [0.29, 0.717) is 18.6 Å². The van der Waals surface area contributed by atoms with Crippen molar-refractivity contribution in [3.05, 3.63) is 29.6 Å². The molecular weight excluding hydrogens is 199 g/mol. The topological polar surface area (TPSA) is 35.5 Å². The van der Waals surface area contributed by atoms with Gasteiger partial charge in [-0.1, -0.05) is 0 Å². The molecule has 2 rings (SSSR count). The van der Waals surface area contributed by atoms with Crippen molar-refractivity contribution in [2.75, 3.05) is 7.11 Å². The molecule has 0 N–H and O–H groups in total. The maximum absolute atomic E-state index is 12.9. The second-order valence-electron chi connectivity index (χ2n) is 3.42. The molecule has 0 bridgehead atoms. The number of hydrogen-bond acceptors (Lipinski definition) is 3. The highest BCUT2D eigenvalue weighted by atomic mass is 19.1. The fourth-order valence-corrected chi connectivity index (χ4v) is 1.65. The Bertz CT molecular complexity index is 389. The van der Waals surface area contributed by atoms with Crippen LogP contribution in [0.15, 0.2) is 18.2 Å². The minimum atomic E-state index is -0.562. The van der Waals surface area contributed by atoms with E-state index >= 15 is 0 Å². The highest BCUT2D eigenvalue weighted by Gasteiger charge is 2.26. The van der Waals surface area contributed by atoms with Gasteiger partial charge in [-0.15, -0.1) is 0 Å². The standard InChI is InChI=1S/C11H11FO3/c1-14-11(13)10-4-2-7-6-8(12)3-5-9(7)15-10/h3,5-6,10H,2,4H2,1H3. The summed E-state index contributed by atoms with van der Waals surface area (Å²) in [5.74, 6) is -0.100. The van der Waals surface area contributed by atoms with Crippen molar-refractivity contribution >= 4 is 5.97 Å².